The summed E-state index contributed by atoms with van der Waals surface area (Å²) in [5.74, 6) is 5.66. The molecule has 0 aromatic heterocycles. The van der Waals surface area contributed by atoms with Gasteiger partial charge >= 0.3 is 0 Å². The van der Waals surface area contributed by atoms with Crippen molar-refractivity contribution in [3.63, 3.8) is 0 Å². The van der Waals surface area contributed by atoms with Gasteiger partial charge in [-0.25, -0.2) is 5.90 Å². The molecule has 98 valence electrons. The van der Waals surface area contributed by atoms with Gasteiger partial charge < -0.3 is 9.74 Å². The number of carbonyl (C=O) groups excluding carboxylic acids is 1. The molecule has 0 bridgehead atoms. The Morgan fingerprint density at radius 1 is 1.33 bits per heavy atom. The number of nitrogens with two attached hydrogens (primary N) is 1. The van der Waals surface area contributed by atoms with Crippen LogP contribution in [0.25, 0.3) is 0 Å². The quantitative estimate of drug-likeness (QED) is 0.870. The summed E-state index contributed by atoms with van der Waals surface area (Å²) < 4.78 is 0.984. The van der Waals surface area contributed by atoms with Crippen LogP contribution in [0.1, 0.15) is 23.2 Å². The molecule has 1 fully saturated rings. The smallest absolute Gasteiger partial charge is 0.253 e. The second-order valence-electron chi connectivity index (χ2n) is 4.58. The maximum absolute atomic E-state index is 12.2. The van der Waals surface area contributed by atoms with Crippen LogP contribution in [0.2, 0.25) is 0 Å². The number of likely N-dealkylation sites (tertiary alicyclic amines) is 1. The van der Waals surface area contributed by atoms with E-state index in [1.54, 1.807) is 0 Å². The third-order valence-corrected chi connectivity index (χ3v) is 3.85. The molecule has 0 aliphatic carbocycles. The van der Waals surface area contributed by atoms with Gasteiger partial charge in [0.1, 0.15) is 0 Å². The van der Waals surface area contributed by atoms with Crippen molar-refractivity contribution >= 4 is 21.8 Å². The molecule has 1 aliphatic rings. The van der Waals surface area contributed by atoms with E-state index >= 15 is 0 Å². The highest BCUT2D eigenvalue weighted by Gasteiger charge is 2.23. The van der Waals surface area contributed by atoms with Gasteiger partial charge in [-0.3, -0.25) is 4.79 Å². The van der Waals surface area contributed by atoms with Gasteiger partial charge in [-0.15, -0.1) is 0 Å². The van der Waals surface area contributed by atoms with E-state index in [0.717, 1.165) is 36.0 Å². The molecule has 1 heterocycles. The summed E-state index contributed by atoms with van der Waals surface area (Å²) in [6.45, 7) is 2.15. The number of nitrogens with zero attached hydrogens (tertiary/aromatic N) is 1. The van der Waals surface area contributed by atoms with E-state index < -0.39 is 0 Å². The van der Waals surface area contributed by atoms with E-state index in [1.165, 1.54) is 0 Å². The highest BCUT2D eigenvalue weighted by molar-refractivity contribution is 9.10. The Morgan fingerprint density at radius 3 is 2.50 bits per heavy atom. The van der Waals surface area contributed by atoms with Crippen LogP contribution in [-0.2, 0) is 4.84 Å². The second-order valence-corrected chi connectivity index (χ2v) is 5.49. The molecule has 18 heavy (non-hydrogen) atoms. The average molecular weight is 313 g/mol. The number of amides is 1. The van der Waals surface area contributed by atoms with Crippen molar-refractivity contribution < 1.29 is 9.63 Å². The predicted octanol–water partition coefficient (Wildman–Crippen LogP) is 2.19. The van der Waals surface area contributed by atoms with Crippen molar-refractivity contribution in [1.82, 2.24) is 4.90 Å². The van der Waals surface area contributed by atoms with Gasteiger partial charge in [0.15, 0.2) is 0 Å². The summed E-state index contributed by atoms with van der Waals surface area (Å²) >= 11 is 3.37. The van der Waals surface area contributed by atoms with E-state index in [-0.39, 0.29) is 5.91 Å². The molecular formula is C13H17BrN2O2. The van der Waals surface area contributed by atoms with Crippen LogP contribution in [0.3, 0.4) is 0 Å². The molecule has 0 atom stereocenters. The van der Waals surface area contributed by atoms with Gasteiger partial charge in [-0.1, -0.05) is 15.9 Å². The first kappa shape index (κ1) is 13.5. The Labute approximate surface area is 115 Å². The summed E-state index contributed by atoms with van der Waals surface area (Å²) in [5.41, 5.74) is 0.742. The molecule has 2 rings (SSSR count). The van der Waals surface area contributed by atoms with Crippen LogP contribution < -0.4 is 5.90 Å². The van der Waals surface area contributed by atoms with Crippen LogP contribution in [-0.4, -0.2) is 30.5 Å². The first-order valence-electron chi connectivity index (χ1n) is 6.07. The van der Waals surface area contributed by atoms with Gasteiger partial charge in [-0.2, -0.15) is 0 Å². The van der Waals surface area contributed by atoms with E-state index in [1.807, 2.05) is 29.2 Å². The first-order chi connectivity index (χ1) is 8.70. The lowest BCUT2D eigenvalue weighted by atomic mass is 9.97. The van der Waals surface area contributed by atoms with E-state index in [4.69, 9.17) is 5.90 Å². The van der Waals surface area contributed by atoms with Crippen molar-refractivity contribution in [2.75, 3.05) is 19.7 Å². The Bertz CT molecular complexity index is 400. The molecule has 0 saturated carbocycles. The molecule has 1 aromatic carbocycles. The summed E-state index contributed by atoms with van der Waals surface area (Å²) in [7, 11) is 0. The minimum absolute atomic E-state index is 0.106. The van der Waals surface area contributed by atoms with Crippen molar-refractivity contribution in [2.45, 2.75) is 12.8 Å². The molecule has 1 aliphatic heterocycles. The van der Waals surface area contributed by atoms with E-state index in [9.17, 15) is 4.79 Å². The van der Waals surface area contributed by atoms with Crippen LogP contribution in [0.4, 0.5) is 0 Å². The molecule has 1 saturated heterocycles. The number of rotatable bonds is 3. The molecule has 2 N–H and O–H groups in total. The van der Waals surface area contributed by atoms with E-state index in [2.05, 4.69) is 20.8 Å². The predicted molar refractivity (Wildman–Crippen MR) is 72.9 cm³/mol. The summed E-state index contributed by atoms with van der Waals surface area (Å²) in [6.07, 6.45) is 1.92. The normalized spacial score (nSPS) is 16.9. The fourth-order valence-electron chi connectivity index (χ4n) is 2.21. The molecule has 0 spiro atoms. The number of halogens is 1. The average Bonchev–Trinajstić information content (AvgIpc) is 2.40. The van der Waals surface area contributed by atoms with Gasteiger partial charge in [0.05, 0.1) is 6.61 Å². The summed E-state index contributed by atoms with van der Waals surface area (Å²) in [6, 6.07) is 7.48. The van der Waals surface area contributed by atoms with Gasteiger partial charge in [0.2, 0.25) is 0 Å². The Morgan fingerprint density at radius 2 is 1.94 bits per heavy atom. The standard InChI is InChI=1S/C13H17BrN2O2/c14-12-3-1-11(2-4-12)13(17)16-7-5-10(6-8-16)9-18-15/h1-4,10H,5-9,15H2. The van der Waals surface area contributed by atoms with Crippen molar-refractivity contribution in [3.8, 4) is 0 Å². The van der Waals surface area contributed by atoms with Crippen LogP contribution in [0, 0.1) is 5.92 Å². The zero-order valence-corrected chi connectivity index (χ0v) is 11.7. The second kappa shape index (κ2) is 6.31. The molecule has 4 nitrogen and oxygen atoms in total. The van der Waals surface area contributed by atoms with Crippen molar-refractivity contribution in [3.05, 3.63) is 34.3 Å². The molecule has 1 aromatic rings. The fraction of sp³-hybridized carbons (Fsp3) is 0.462. The van der Waals surface area contributed by atoms with Gasteiger partial charge in [0.25, 0.3) is 5.91 Å². The topological polar surface area (TPSA) is 55.6 Å². The molecule has 1 amide bonds. The van der Waals surface area contributed by atoms with Crippen LogP contribution >= 0.6 is 15.9 Å². The molecular weight excluding hydrogens is 296 g/mol. The van der Waals surface area contributed by atoms with Crippen LogP contribution in [0.5, 0.6) is 0 Å². The zero-order valence-electron chi connectivity index (χ0n) is 10.1. The summed E-state index contributed by atoms with van der Waals surface area (Å²) in [4.78, 5) is 18.8. The Balaban J connectivity index is 1.93. The lowest BCUT2D eigenvalue weighted by Crippen LogP contribution is -2.39. The van der Waals surface area contributed by atoms with Gasteiger partial charge in [0, 0.05) is 23.1 Å². The van der Waals surface area contributed by atoms with Crippen molar-refractivity contribution in [1.29, 1.82) is 0 Å². The molecule has 0 unspecified atom stereocenters. The third kappa shape index (κ3) is 3.31. The van der Waals surface area contributed by atoms with E-state index in [0.29, 0.717) is 12.5 Å². The number of hydrogen-bond acceptors (Lipinski definition) is 3. The maximum atomic E-state index is 12.2. The number of hydrogen-bond donors (Lipinski definition) is 1. The number of benzene rings is 1. The third-order valence-electron chi connectivity index (χ3n) is 3.32. The molecule has 0 radical (unpaired) electrons. The monoisotopic (exact) mass is 312 g/mol. The van der Waals surface area contributed by atoms with Gasteiger partial charge in [-0.05, 0) is 43.0 Å². The first-order valence-corrected chi connectivity index (χ1v) is 6.86. The zero-order chi connectivity index (χ0) is 13.0. The largest absolute Gasteiger partial charge is 0.339 e. The molecule has 5 heteroatoms. The number of piperidine rings is 1. The Kier molecular flexibility index (Phi) is 4.74. The minimum atomic E-state index is 0.106. The lowest BCUT2D eigenvalue weighted by Gasteiger charge is -2.31. The van der Waals surface area contributed by atoms with Crippen LogP contribution in [0.15, 0.2) is 28.7 Å². The maximum Gasteiger partial charge on any atom is 0.253 e. The summed E-state index contributed by atoms with van der Waals surface area (Å²) in [5, 5.41) is 0. The lowest BCUT2D eigenvalue weighted by molar-refractivity contribution is 0.0525. The highest BCUT2D eigenvalue weighted by atomic mass is 79.9. The Hall–Kier alpha value is -0.910. The number of carbonyl (C=O) groups is 1. The van der Waals surface area contributed by atoms with Crippen molar-refractivity contribution in [2.24, 2.45) is 11.8 Å². The highest BCUT2D eigenvalue weighted by Crippen LogP contribution is 2.19. The SMILES string of the molecule is NOCC1CCN(C(=O)c2ccc(Br)cc2)CC1. The minimum Gasteiger partial charge on any atom is -0.339 e. The fourth-order valence-corrected chi connectivity index (χ4v) is 2.48.